The standard InChI is InChI=1S/C22H24ClN5O2S/c23-19-8-4-7-18(13-19)14-24-20(29)16-31-22-26-25-21(27-9-11-30-12-10-27)28(22)15-17-5-2-1-3-6-17/h1-8,13H,9-12,14-16H2,(H,24,29). The number of halogens is 1. The molecule has 0 atom stereocenters. The van der Waals surface area contributed by atoms with Gasteiger partial charge in [-0.15, -0.1) is 10.2 Å². The van der Waals surface area contributed by atoms with Crippen molar-refractivity contribution in [3.05, 3.63) is 70.7 Å². The predicted octanol–water partition coefficient (Wildman–Crippen LogP) is 3.22. The Hall–Kier alpha value is -2.55. The number of hydrogen-bond donors (Lipinski definition) is 1. The first-order chi connectivity index (χ1) is 15.2. The number of benzene rings is 2. The van der Waals surface area contributed by atoms with E-state index in [1.165, 1.54) is 11.8 Å². The van der Waals surface area contributed by atoms with Gasteiger partial charge in [-0.3, -0.25) is 9.36 Å². The molecule has 2 heterocycles. The van der Waals surface area contributed by atoms with Gasteiger partial charge in [-0.2, -0.15) is 0 Å². The van der Waals surface area contributed by atoms with Crippen LogP contribution in [0, 0.1) is 0 Å². The number of nitrogens with one attached hydrogen (secondary N) is 1. The summed E-state index contributed by atoms with van der Waals surface area (Å²) >= 11 is 7.40. The van der Waals surface area contributed by atoms with Crippen LogP contribution in [0.2, 0.25) is 5.02 Å². The number of thioether (sulfide) groups is 1. The van der Waals surface area contributed by atoms with E-state index in [9.17, 15) is 4.79 Å². The van der Waals surface area contributed by atoms with E-state index in [-0.39, 0.29) is 11.7 Å². The second kappa shape index (κ2) is 10.7. The van der Waals surface area contributed by atoms with Crippen molar-refractivity contribution in [1.82, 2.24) is 20.1 Å². The molecule has 0 radical (unpaired) electrons. The lowest BCUT2D eigenvalue weighted by molar-refractivity contribution is -0.118. The number of hydrogen-bond acceptors (Lipinski definition) is 6. The predicted molar refractivity (Wildman–Crippen MR) is 123 cm³/mol. The number of amides is 1. The van der Waals surface area contributed by atoms with E-state index in [0.29, 0.717) is 31.3 Å². The fraction of sp³-hybridized carbons (Fsp3) is 0.318. The average Bonchev–Trinajstić information content (AvgIpc) is 3.20. The van der Waals surface area contributed by atoms with Gasteiger partial charge in [0.25, 0.3) is 0 Å². The molecule has 162 valence electrons. The first-order valence-corrected chi connectivity index (χ1v) is 11.5. The van der Waals surface area contributed by atoms with Crippen LogP contribution in [0.15, 0.2) is 59.8 Å². The summed E-state index contributed by atoms with van der Waals surface area (Å²) < 4.78 is 7.55. The highest BCUT2D eigenvalue weighted by molar-refractivity contribution is 7.99. The number of morpholine rings is 1. The number of anilines is 1. The van der Waals surface area contributed by atoms with E-state index in [1.54, 1.807) is 0 Å². The van der Waals surface area contributed by atoms with Crippen molar-refractivity contribution in [3.8, 4) is 0 Å². The summed E-state index contributed by atoms with van der Waals surface area (Å²) in [6.07, 6.45) is 0. The lowest BCUT2D eigenvalue weighted by Crippen LogP contribution is -2.38. The van der Waals surface area contributed by atoms with Gasteiger partial charge in [-0.1, -0.05) is 65.8 Å². The molecule has 0 bridgehead atoms. The van der Waals surface area contributed by atoms with Crippen LogP contribution in [0.4, 0.5) is 5.95 Å². The Morgan fingerprint density at radius 1 is 1.06 bits per heavy atom. The maximum atomic E-state index is 12.4. The summed E-state index contributed by atoms with van der Waals surface area (Å²) in [5.41, 5.74) is 2.12. The maximum absolute atomic E-state index is 12.4. The van der Waals surface area contributed by atoms with E-state index in [4.69, 9.17) is 16.3 Å². The number of nitrogens with zero attached hydrogens (tertiary/aromatic N) is 4. The lowest BCUT2D eigenvalue weighted by atomic mass is 10.2. The molecule has 2 aromatic carbocycles. The Morgan fingerprint density at radius 3 is 2.61 bits per heavy atom. The Morgan fingerprint density at radius 2 is 1.84 bits per heavy atom. The van der Waals surface area contributed by atoms with Crippen LogP contribution in [0.25, 0.3) is 0 Å². The van der Waals surface area contributed by atoms with Gasteiger partial charge in [0.05, 0.1) is 25.5 Å². The molecular weight excluding hydrogens is 434 g/mol. The Labute approximate surface area is 190 Å². The quantitative estimate of drug-likeness (QED) is 0.523. The van der Waals surface area contributed by atoms with Gasteiger partial charge in [0, 0.05) is 24.7 Å². The minimum Gasteiger partial charge on any atom is -0.378 e. The molecule has 1 aromatic heterocycles. The number of carbonyl (C=O) groups excluding carboxylic acids is 1. The third-order valence-electron chi connectivity index (χ3n) is 4.89. The van der Waals surface area contributed by atoms with Gasteiger partial charge < -0.3 is 15.0 Å². The summed E-state index contributed by atoms with van der Waals surface area (Å²) in [6, 6.07) is 17.7. The fourth-order valence-corrected chi connectivity index (χ4v) is 4.29. The molecule has 7 nitrogen and oxygen atoms in total. The molecule has 0 unspecified atom stereocenters. The summed E-state index contributed by atoms with van der Waals surface area (Å²) in [5, 5.41) is 13.1. The van der Waals surface area contributed by atoms with Gasteiger partial charge in [-0.25, -0.2) is 0 Å². The van der Waals surface area contributed by atoms with Crippen molar-refractivity contribution in [2.24, 2.45) is 0 Å². The highest BCUT2D eigenvalue weighted by Crippen LogP contribution is 2.24. The number of aromatic nitrogens is 3. The van der Waals surface area contributed by atoms with Crippen LogP contribution in [0.3, 0.4) is 0 Å². The summed E-state index contributed by atoms with van der Waals surface area (Å²) in [6.45, 7) is 3.98. The molecule has 1 aliphatic heterocycles. The summed E-state index contributed by atoms with van der Waals surface area (Å²) in [7, 11) is 0. The number of carbonyl (C=O) groups is 1. The molecule has 3 aromatic rings. The van der Waals surface area contributed by atoms with E-state index in [1.807, 2.05) is 42.5 Å². The third-order valence-corrected chi connectivity index (χ3v) is 6.09. The molecule has 0 saturated carbocycles. The molecule has 9 heteroatoms. The van der Waals surface area contributed by atoms with Gasteiger partial charge >= 0.3 is 0 Å². The molecule has 1 amide bonds. The van der Waals surface area contributed by atoms with Gasteiger partial charge in [-0.05, 0) is 23.3 Å². The lowest BCUT2D eigenvalue weighted by Gasteiger charge is -2.28. The summed E-state index contributed by atoms with van der Waals surface area (Å²) in [4.78, 5) is 14.6. The largest absolute Gasteiger partial charge is 0.378 e. The minimum atomic E-state index is -0.0628. The van der Waals surface area contributed by atoms with Gasteiger partial charge in [0.2, 0.25) is 11.9 Å². The van der Waals surface area contributed by atoms with E-state index in [2.05, 4.69) is 37.1 Å². The van der Waals surface area contributed by atoms with Crippen molar-refractivity contribution in [3.63, 3.8) is 0 Å². The first kappa shape index (κ1) is 21.7. The minimum absolute atomic E-state index is 0.0628. The Bertz CT molecular complexity index is 1010. The first-order valence-electron chi connectivity index (χ1n) is 10.1. The van der Waals surface area contributed by atoms with Crippen molar-refractivity contribution >= 4 is 35.2 Å². The maximum Gasteiger partial charge on any atom is 0.230 e. The zero-order chi connectivity index (χ0) is 21.5. The highest BCUT2D eigenvalue weighted by Gasteiger charge is 2.21. The third kappa shape index (κ3) is 6.00. The second-order valence-electron chi connectivity index (χ2n) is 7.15. The molecular formula is C22H24ClN5O2S. The van der Waals surface area contributed by atoms with E-state index < -0.39 is 0 Å². The topological polar surface area (TPSA) is 72.3 Å². The molecule has 1 saturated heterocycles. The van der Waals surface area contributed by atoms with Crippen molar-refractivity contribution < 1.29 is 9.53 Å². The molecule has 1 fully saturated rings. The molecule has 1 aliphatic rings. The highest BCUT2D eigenvalue weighted by atomic mass is 35.5. The van der Waals surface area contributed by atoms with Crippen molar-refractivity contribution in [2.45, 2.75) is 18.2 Å². The summed E-state index contributed by atoms with van der Waals surface area (Å²) in [5.74, 6) is 1.01. The molecule has 31 heavy (non-hydrogen) atoms. The number of rotatable bonds is 8. The zero-order valence-electron chi connectivity index (χ0n) is 17.0. The van der Waals surface area contributed by atoms with Crippen LogP contribution < -0.4 is 10.2 Å². The Kier molecular flexibility index (Phi) is 7.45. The molecule has 4 rings (SSSR count). The van der Waals surface area contributed by atoms with E-state index >= 15 is 0 Å². The van der Waals surface area contributed by atoms with Crippen molar-refractivity contribution in [1.29, 1.82) is 0 Å². The van der Waals surface area contributed by atoms with Gasteiger partial charge in [0.1, 0.15) is 0 Å². The van der Waals surface area contributed by atoms with Crippen molar-refractivity contribution in [2.75, 3.05) is 37.0 Å². The number of ether oxygens (including phenoxy) is 1. The van der Waals surface area contributed by atoms with Crippen LogP contribution in [0.5, 0.6) is 0 Å². The van der Waals surface area contributed by atoms with Crippen LogP contribution in [-0.4, -0.2) is 52.7 Å². The van der Waals surface area contributed by atoms with Crippen LogP contribution in [-0.2, 0) is 22.6 Å². The van der Waals surface area contributed by atoms with Crippen LogP contribution in [0.1, 0.15) is 11.1 Å². The zero-order valence-corrected chi connectivity index (χ0v) is 18.6. The molecule has 1 N–H and O–H groups in total. The van der Waals surface area contributed by atoms with Crippen LogP contribution >= 0.6 is 23.4 Å². The monoisotopic (exact) mass is 457 g/mol. The second-order valence-corrected chi connectivity index (χ2v) is 8.53. The smallest absolute Gasteiger partial charge is 0.230 e. The van der Waals surface area contributed by atoms with Gasteiger partial charge in [0.15, 0.2) is 5.16 Å². The fourth-order valence-electron chi connectivity index (χ4n) is 3.32. The normalized spacial score (nSPS) is 13.9. The molecule has 0 aliphatic carbocycles. The molecule has 0 spiro atoms. The Balaban J connectivity index is 1.42. The van der Waals surface area contributed by atoms with E-state index in [0.717, 1.165) is 35.3 Å². The average molecular weight is 458 g/mol. The SMILES string of the molecule is O=C(CSc1nnc(N2CCOCC2)n1Cc1ccccc1)NCc1cccc(Cl)c1.